The fraction of sp³-hybridized carbons (Fsp3) is 0.977. The summed E-state index contributed by atoms with van der Waals surface area (Å²) in [4.78, 5) is 11.4. The minimum absolute atomic E-state index is 0.0219. The molecule has 0 aromatic rings. The molecule has 7 nitrogen and oxygen atoms in total. The summed E-state index contributed by atoms with van der Waals surface area (Å²) in [7, 11) is 1.65. The van der Waals surface area contributed by atoms with Gasteiger partial charge in [0.05, 0.1) is 12.2 Å². The molecule has 0 aliphatic heterocycles. The number of hydrogen-bond acceptors (Lipinski definition) is 6. The normalized spacial score (nSPS) is 9.66. The van der Waals surface area contributed by atoms with Crippen LogP contribution in [0.3, 0.4) is 0 Å². The lowest BCUT2D eigenvalue weighted by Gasteiger charge is -2.20. The van der Waals surface area contributed by atoms with E-state index >= 15 is 0 Å². The van der Waals surface area contributed by atoms with Crippen molar-refractivity contribution in [2.24, 2.45) is 5.92 Å². The Morgan fingerprint density at radius 3 is 1.36 bits per heavy atom. The van der Waals surface area contributed by atoms with E-state index in [1.807, 2.05) is 111 Å². The second kappa shape index (κ2) is 77.5. The van der Waals surface area contributed by atoms with Gasteiger partial charge in [-0.3, -0.25) is 0 Å². The lowest BCUT2D eigenvalue weighted by molar-refractivity contribution is -0.000847. The van der Waals surface area contributed by atoms with Crippen molar-refractivity contribution in [1.82, 2.24) is 5.32 Å². The van der Waals surface area contributed by atoms with Crippen molar-refractivity contribution in [3.8, 4) is 0 Å². The first-order chi connectivity index (χ1) is 24.2. The van der Waals surface area contributed by atoms with Crippen LogP contribution in [0.2, 0.25) is 0 Å². The monoisotopic (exact) mass is 730 g/mol. The number of rotatable bonds is 23. The highest BCUT2D eigenvalue weighted by atomic mass is 16.6. The van der Waals surface area contributed by atoms with Gasteiger partial charge in [-0.1, -0.05) is 188 Å². The number of ether oxygens (including phenoxy) is 3. The molecule has 1 unspecified atom stereocenters. The van der Waals surface area contributed by atoms with Gasteiger partial charge in [0, 0.05) is 26.9 Å². The Labute approximate surface area is 319 Å². The predicted octanol–water partition coefficient (Wildman–Crippen LogP) is 13.8. The number of nitrogens with one attached hydrogen (secondary N) is 1. The smallest absolute Gasteiger partial charge is 0.407 e. The molecule has 0 bridgehead atoms. The molecule has 0 saturated heterocycles. The summed E-state index contributed by atoms with van der Waals surface area (Å²) < 4.78 is 15.5. The van der Waals surface area contributed by atoms with Gasteiger partial charge < -0.3 is 29.7 Å². The molecule has 0 rings (SSSR count). The zero-order chi connectivity index (χ0) is 41.5. The maximum Gasteiger partial charge on any atom is 0.407 e. The standard InChI is InChI=1S/C23H47NO4.C6H14O2.7C2H6/c1-4-5-6-7-8-9-10-11-12-13-14-15-18-27-19-22(25)20-28-23(26)24-17-16-21(2)3;1-6(2,8-3)4-5-7;7*1-2/h21-22,25H,4-20H2,1-3H3,(H,24,26);7H,4-5H2,1-3H3;7*1-2H3. The molecule has 0 spiro atoms. The molecule has 0 aromatic heterocycles. The van der Waals surface area contributed by atoms with Crippen LogP contribution in [0.4, 0.5) is 4.79 Å². The van der Waals surface area contributed by atoms with Crippen LogP contribution in [0, 0.1) is 5.92 Å². The van der Waals surface area contributed by atoms with Crippen LogP contribution in [0.5, 0.6) is 0 Å². The van der Waals surface area contributed by atoms with Crippen LogP contribution in [-0.2, 0) is 14.2 Å². The average molecular weight is 730 g/mol. The number of aliphatic hydroxyl groups is 2. The molecule has 0 aliphatic rings. The van der Waals surface area contributed by atoms with Gasteiger partial charge in [-0.2, -0.15) is 0 Å². The Bertz CT molecular complexity index is 463. The van der Waals surface area contributed by atoms with Gasteiger partial charge in [0.1, 0.15) is 12.7 Å². The Balaban J connectivity index is -0.0000000902. The van der Waals surface area contributed by atoms with E-state index in [1.165, 1.54) is 70.6 Å². The van der Waals surface area contributed by atoms with Crippen LogP contribution in [0.15, 0.2) is 0 Å². The minimum atomic E-state index is -0.756. The molecule has 0 fully saturated rings. The Morgan fingerprint density at radius 2 is 1.04 bits per heavy atom. The van der Waals surface area contributed by atoms with Crippen LogP contribution >= 0.6 is 0 Å². The van der Waals surface area contributed by atoms with Crippen molar-refractivity contribution in [3.05, 3.63) is 0 Å². The molecular weight excluding hydrogens is 626 g/mol. The van der Waals surface area contributed by atoms with Crippen LogP contribution < -0.4 is 5.32 Å². The van der Waals surface area contributed by atoms with Crippen LogP contribution in [-0.4, -0.2) is 68.1 Å². The molecule has 316 valence electrons. The number of alkyl carbamates (subject to hydrolysis) is 1. The molecule has 7 heteroatoms. The SMILES string of the molecule is CC.CC.CC.CC.CC.CC.CC.CCCCCCCCCCCCCCOCC(O)COC(=O)NCCC(C)C.COC(C)(C)CCO. The molecule has 50 heavy (non-hydrogen) atoms. The number of hydrogen-bond donors (Lipinski definition) is 3. The van der Waals surface area contributed by atoms with Gasteiger partial charge in [-0.05, 0) is 39.0 Å². The molecular formula is C43H103NO6. The molecule has 0 heterocycles. The molecule has 0 saturated carbocycles. The highest BCUT2D eigenvalue weighted by molar-refractivity contribution is 5.67. The van der Waals surface area contributed by atoms with Crippen molar-refractivity contribution >= 4 is 6.09 Å². The summed E-state index contributed by atoms with van der Waals surface area (Å²) in [5.74, 6) is 0.541. The van der Waals surface area contributed by atoms with E-state index in [4.69, 9.17) is 19.3 Å². The maximum absolute atomic E-state index is 11.4. The number of aliphatic hydroxyl groups excluding tert-OH is 2. The number of carbonyl (C=O) groups excluding carboxylic acids is 1. The molecule has 0 aromatic carbocycles. The molecule has 0 aliphatic carbocycles. The minimum Gasteiger partial charge on any atom is -0.447 e. The first kappa shape index (κ1) is 70.7. The zero-order valence-corrected chi connectivity index (χ0v) is 38.6. The first-order valence-corrected chi connectivity index (χ1v) is 21.5. The number of unbranched alkanes of at least 4 members (excludes halogenated alkanes) is 11. The zero-order valence-electron chi connectivity index (χ0n) is 38.6. The third kappa shape index (κ3) is 91.4. The van der Waals surface area contributed by atoms with Crippen LogP contribution in [0.1, 0.15) is 221 Å². The van der Waals surface area contributed by atoms with E-state index in [0.29, 0.717) is 25.5 Å². The van der Waals surface area contributed by atoms with Crippen molar-refractivity contribution in [1.29, 1.82) is 0 Å². The van der Waals surface area contributed by atoms with Crippen molar-refractivity contribution in [2.45, 2.75) is 233 Å². The highest BCUT2D eigenvalue weighted by Crippen LogP contribution is 2.12. The van der Waals surface area contributed by atoms with Gasteiger partial charge in [0.25, 0.3) is 0 Å². The molecule has 3 N–H and O–H groups in total. The van der Waals surface area contributed by atoms with Gasteiger partial charge in [-0.25, -0.2) is 4.79 Å². The third-order valence-electron chi connectivity index (χ3n) is 6.12. The predicted molar refractivity (Wildman–Crippen MR) is 229 cm³/mol. The van der Waals surface area contributed by atoms with Gasteiger partial charge in [0.15, 0.2) is 0 Å². The lowest BCUT2D eigenvalue weighted by atomic mass is 10.1. The Hall–Kier alpha value is -0.890. The Morgan fingerprint density at radius 1 is 0.660 bits per heavy atom. The van der Waals surface area contributed by atoms with Crippen molar-refractivity contribution < 1.29 is 29.2 Å². The molecule has 1 amide bonds. The Kier molecular flexibility index (Phi) is 110. The number of amides is 1. The lowest BCUT2D eigenvalue weighted by Crippen LogP contribution is -2.30. The topological polar surface area (TPSA) is 97.2 Å². The molecule has 1 atom stereocenters. The van der Waals surface area contributed by atoms with E-state index in [9.17, 15) is 9.90 Å². The number of carbonyl (C=O) groups is 1. The summed E-state index contributed by atoms with van der Waals surface area (Å²) in [6, 6.07) is 0. The largest absolute Gasteiger partial charge is 0.447 e. The van der Waals surface area contributed by atoms with E-state index in [-0.39, 0.29) is 25.4 Å². The van der Waals surface area contributed by atoms with E-state index in [0.717, 1.165) is 12.8 Å². The van der Waals surface area contributed by atoms with Crippen molar-refractivity contribution in [2.75, 3.05) is 40.1 Å². The summed E-state index contributed by atoms with van der Waals surface area (Å²) in [5.41, 5.74) is -0.158. The maximum atomic E-state index is 11.4. The molecule has 0 radical (unpaired) electrons. The second-order valence-electron chi connectivity index (χ2n) is 10.8. The van der Waals surface area contributed by atoms with Crippen LogP contribution in [0.25, 0.3) is 0 Å². The number of methoxy groups -OCH3 is 1. The second-order valence-corrected chi connectivity index (χ2v) is 10.8. The summed E-state index contributed by atoms with van der Waals surface area (Å²) in [5, 5.41) is 20.9. The van der Waals surface area contributed by atoms with Gasteiger partial charge in [-0.15, -0.1) is 0 Å². The van der Waals surface area contributed by atoms with Gasteiger partial charge in [0.2, 0.25) is 0 Å². The quantitative estimate of drug-likeness (QED) is 0.0906. The van der Waals surface area contributed by atoms with E-state index in [2.05, 4.69) is 26.1 Å². The fourth-order valence-corrected chi connectivity index (χ4v) is 3.37. The third-order valence-corrected chi connectivity index (χ3v) is 6.12. The van der Waals surface area contributed by atoms with Gasteiger partial charge >= 0.3 is 6.09 Å². The highest BCUT2D eigenvalue weighted by Gasteiger charge is 2.14. The first-order valence-electron chi connectivity index (χ1n) is 21.5. The van der Waals surface area contributed by atoms with E-state index < -0.39 is 12.2 Å². The average Bonchev–Trinajstić information content (AvgIpc) is 3.16. The van der Waals surface area contributed by atoms with E-state index in [1.54, 1.807) is 7.11 Å². The summed E-state index contributed by atoms with van der Waals surface area (Å²) >= 11 is 0. The summed E-state index contributed by atoms with van der Waals surface area (Å²) in [6.07, 6.45) is 16.2. The fourth-order valence-electron chi connectivity index (χ4n) is 3.37. The van der Waals surface area contributed by atoms with Crippen molar-refractivity contribution in [3.63, 3.8) is 0 Å². The summed E-state index contributed by atoms with van der Waals surface area (Å²) in [6.45, 7) is 40.0.